The van der Waals surface area contributed by atoms with Crippen molar-refractivity contribution in [1.29, 1.82) is 0 Å². The Morgan fingerprint density at radius 2 is 1.94 bits per heavy atom. The lowest BCUT2D eigenvalue weighted by atomic mass is 9.86. The van der Waals surface area contributed by atoms with Gasteiger partial charge in [0.05, 0.1) is 13.7 Å². The number of likely N-dealkylation sites (tertiary alicyclic amines) is 1. The number of methoxy groups -OCH3 is 2. The Hall–Kier alpha value is -2.57. The summed E-state index contributed by atoms with van der Waals surface area (Å²) < 4.78 is 10.6. The fourth-order valence-electron chi connectivity index (χ4n) is 4.85. The zero-order valence-electron chi connectivity index (χ0n) is 20.6. The second-order valence-electron chi connectivity index (χ2n) is 9.36. The molecule has 1 N–H and O–H groups in total. The van der Waals surface area contributed by atoms with Crippen LogP contribution in [0.4, 0.5) is 0 Å². The number of amides is 1. The minimum absolute atomic E-state index is 0.0410. The molecule has 1 aliphatic rings. The highest BCUT2D eigenvalue weighted by molar-refractivity contribution is 5.78. The van der Waals surface area contributed by atoms with Crippen molar-refractivity contribution in [3.8, 4) is 11.5 Å². The number of phenols is 1. The molecule has 6 nitrogen and oxygen atoms in total. The van der Waals surface area contributed by atoms with Gasteiger partial charge in [-0.25, -0.2) is 0 Å². The van der Waals surface area contributed by atoms with E-state index in [0.717, 1.165) is 31.7 Å². The molecule has 2 unspecified atom stereocenters. The van der Waals surface area contributed by atoms with Crippen LogP contribution in [0.5, 0.6) is 11.5 Å². The van der Waals surface area contributed by atoms with Gasteiger partial charge in [0.2, 0.25) is 5.91 Å². The van der Waals surface area contributed by atoms with E-state index in [0.29, 0.717) is 30.7 Å². The molecule has 33 heavy (non-hydrogen) atoms. The van der Waals surface area contributed by atoms with Crippen LogP contribution in [0.15, 0.2) is 42.5 Å². The molecule has 0 aromatic heterocycles. The molecule has 2 aromatic carbocycles. The molecule has 0 radical (unpaired) electrons. The normalized spacial score (nSPS) is 18.6. The van der Waals surface area contributed by atoms with Crippen molar-refractivity contribution < 1.29 is 19.4 Å². The Kier molecular flexibility index (Phi) is 8.75. The first-order valence-corrected chi connectivity index (χ1v) is 11.8. The number of nitrogens with zero attached hydrogens (tertiary/aromatic N) is 2. The van der Waals surface area contributed by atoms with Crippen molar-refractivity contribution in [3.63, 3.8) is 0 Å². The predicted molar refractivity (Wildman–Crippen MR) is 131 cm³/mol. The molecular weight excluding hydrogens is 416 g/mol. The number of ether oxygens (including phenoxy) is 2. The zero-order chi connectivity index (χ0) is 24.0. The number of benzene rings is 2. The molecular formula is C27H38N2O4. The summed E-state index contributed by atoms with van der Waals surface area (Å²) in [6, 6.07) is 14.1. The molecule has 0 aliphatic carbocycles. The largest absolute Gasteiger partial charge is 0.504 e. The summed E-state index contributed by atoms with van der Waals surface area (Å²) in [5.41, 5.74) is 3.75. The fourth-order valence-corrected chi connectivity index (χ4v) is 4.85. The first-order valence-electron chi connectivity index (χ1n) is 11.8. The molecule has 6 heteroatoms. The van der Waals surface area contributed by atoms with E-state index in [9.17, 15) is 9.90 Å². The lowest BCUT2D eigenvalue weighted by Crippen LogP contribution is -2.41. The van der Waals surface area contributed by atoms with Gasteiger partial charge in [-0.05, 0) is 41.7 Å². The fraction of sp³-hybridized carbons (Fsp3) is 0.519. The Morgan fingerprint density at radius 3 is 2.61 bits per heavy atom. The molecule has 0 saturated carbocycles. The number of hydrogen-bond donors (Lipinski definition) is 1. The molecule has 2 atom stereocenters. The van der Waals surface area contributed by atoms with Crippen molar-refractivity contribution >= 4 is 5.91 Å². The van der Waals surface area contributed by atoms with Crippen LogP contribution in [0.25, 0.3) is 0 Å². The number of aromatic hydroxyl groups is 1. The monoisotopic (exact) mass is 454 g/mol. The number of aryl methyl sites for hydroxylation is 1. The predicted octanol–water partition coefficient (Wildman–Crippen LogP) is 4.06. The van der Waals surface area contributed by atoms with Gasteiger partial charge in [0.1, 0.15) is 0 Å². The highest BCUT2D eigenvalue weighted by atomic mass is 16.5. The Labute approximate surface area is 198 Å². The smallest absolute Gasteiger partial charge is 0.225 e. The van der Waals surface area contributed by atoms with Crippen molar-refractivity contribution in [2.45, 2.75) is 33.2 Å². The SMILES string of the molecule is COCCN(CC1CN(Cc2ccc(O)c(OC)c2)CC1c1ccccc1C)C(=O)C(C)C. The third kappa shape index (κ3) is 6.27. The third-order valence-corrected chi connectivity index (χ3v) is 6.58. The number of phenolic OH excluding ortho intramolecular Hbond substituents is 1. The molecule has 1 heterocycles. The minimum atomic E-state index is -0.0410. The summed E-state index contributed by atoms with van der Waals surface area (Å²) in [5, 5.41) is 9.94. The highest BCUT2D eigenvalue weighted by Gasteiger charge is 2.36. The van der Waals surface area contributed by atoms with E-state index >= 15 is 0 Å². The van der Waals surface area contributed by atoms with E-state index in [1.54, 1.807) is 20.3 Å². The van der Waals surface area contributed by atoms with E-state index < -0.39 is 0 Å². The summed E-state index contributed by atoms with van der Waals surface area (Å²) in [7, 11) is 3.25. The molecule has 0 spiro atoms. The topological polar surface area (TPSA) is 62.2 Å². The summed E-state index contributed by atoms with van der Waals surface area (Å²) in [4.78, 5) is 17.4. The van der Waals surface area contributed by atoms with E-state index in [1.807, 2.05) is 30.9 Å². The van der Waals surface area contributed by atoms with Gasteiger partial charge in [-0.3, -0.25) is 9.69 Å². The molecule has 1 amide bonds. The van der Waals surface area contributed by atoms with Crippen LogP contribution >= 0.6 is 0 Å². The lowest BCUT2D eigenvalue weighted by molar-refractivity contribution is -0.135. The van der Waals surface area contributed by atoms with Gasteiger partial charge in [-0.15, -0.1) is 0 Å². The van der Waals surface area contributed by atoms with Crippen LogP contribution in [0.3, 0.4) is 0 Å². The molecule has 1 aliphatic heterocycles. The van der Waals surface area contributed by atoms with Crippen molar-refractivity contribution in [2.24, 2.45) is 11.8 Å². The summed E-state index contributed by atoms with van der Waals surface area (Å²) in [6.45, 7) is 10.5. The minimum Gasteiger partial charge on any atom is -0.504 e. The highest BCUT2D eigenvalue weighted by Crippen LogP contribution is 2.36. The zero-order valence-corrected chi connectivity index (χ0v) is 20.6. The van der Waals surface area contributed by atoms with Gasteiger partial charge in [0, 0.05) is 51.7 Å². The van der Waals surface area contributed by atoms with Crippen molar-refractivity contribution in [3.05, 3.63) is 59.2 Å². The van der Waals surface area contributed by atoms with Crippen LogP contribution in [0.1, 0.15) is 36.5 Å². The molecule has 180 valence electrons. The average molecular weight is 455 g/mol. The van der Waals surface area contributed by atoms with Gasteiger partial charge in [0.15, 0.2) is 11.5 Å². The maximum absolute atomic E-state index is 12.9. The van der Waals surface area contributed by atoms with Gasteiger partial charge in [-0.2, -0.15) is 0 Å². The van der Waals surface area contributed by atoms with Gasteiger partial charge in [-0.1, -0.05) is 44.2 Å². The van der Waals surface area contributed by atoms with Crippen LogP contribution in [0.2, 0.25) is 0 Å². The second kappa shape index (κ2) is 11.5. The van der Waals surface area contributed by atoms with Crippen LogP contribution in [0, 0.1) is 18.8 Å². The standard InChI is InChI=1S/C27H38N2O4/c1-19(2)27(31)29(12-13-32-4)17-22-16-28(15-21-10-11-25(30)26(14-21)33-5)18-24(22)23-9-7-6-8-20(23)3/h6-11,14,19,22,24,30H,12-13,15-18H2,1-5H3. The maximum Gasteiger partial charge on any atom is 0.225 e. The maximum atomic E-state index is 12.9. The molecule has 1 saturated heterocycles. The average Bonchev–Trinajstić information content (AvgIpc) is 3.19. The van der Waals surface area contributed by atoms with Crippen LogP contribution < -0.4 is 4.74 Å². The first-order chi connectivity index (χ1) is 15.8. The number of carbonyl (C=O) groups is 1. The van der Waals surface area contributed by atoms with Crippen molar-refractivity contribution in [1.82, 2.24) is 9.80 Å². The van der Waals surface area contributed by atoms with Gasteiger partial charge >= 0.3 is 0 Å². The lowest BCUT2D eigenvalue weighted by Gasteiger charge is -2.30. The number of rotatable bonds is 10. The van der Waals surface area contributed by atoms with Crippen molar-refractivity contribution in [2.75, 3.05) is 47.0 Å². The molecule has 2 aromatic rings. The Morgan fingerprint density at radius 1 is 1.18 bits per heavy atom. The van der Waals surface area contributed by atoms with E-state index in [-0.39, 0.29) is 17.6 Å². The summed E-state index contributed by atoms with van der Waals surface area (Å²) >= 11 is 0. The molecule has 0 bridgehead atoms. The summed E-state index contributed by atoms with van der Waals surface area (Å²) in [6.07, 6.45) is 0. The van der Waals surface area contributed by atoms with Gasteiger partial charge < -0.3 is 19.5 Å². The van der Waals surface area contributed by atoms with Gasteiger partial charge in [0.25, 0.3) is 0 Å². The van der Waals surface area contributed by atoms with E-state index in [4.69, 9.17) is 9.47 Å². The Bertz CT molecular complexity index is 930. The molecule has 3 rings (SSSR count). The number of hydrogen-bond acceptors (Lipinski definition) is 5. The van der Waals surface area contributed by atoms with Crippen LogP contribution in [-0.2, 0) is 16.1 Å². The van der Waals surface area contributed by atoms with E-state index in [1.165, 1.54) is 11.1 Å². The quantitative estimate of drug-likeness (QED) is 0.587. The summed E-state index contributed by atoms with van der Waals surface area (Å²) in [5.74, 6) is 1.45. The second-order valence-corrected chi connectivity index (χ2v) is 9.36. The van der Waals surface area contributed by atoms with Crippen LogP contribution in [-0.4, -0.2) is 67.8 Å². The first kappa shape index (κ1) is 25.1. The number of carbonyl (C=O) groups excluding carboxylic acids is 1. The molecule has 1 fully saturated rings. The Balaban J connectivity index is 1.84. The van der Waals surface area contributed by atoms with E-state index in [2.05, 4.69) is 36.1 Å². The third-order valence-electron chi connectivity index (χ3n) is 6.58.